The minimum Gasteiger partial charge on any atom is -0.494 e. The first-order valence-corrected chi connectivity index (χ1v) is 4.93. The Morgan fingerprint density at radius 2 is 1.88 bits per heavy atom. The number of benzene rings is 1. The summed E-state index contributed by atoms with van der Waals surface area (Å²) in [5, 5.41) is -0.890. The second-order valence-corrected chi connectivity index (χ2v) is 3.29. The first-order chi connectivity index (χ1) is 7.81. The highest BCUT2D eigenvalue weighted by molar-refractivity contribution is 6.67. The Labute approximate surface area is 100 Å². The molecule has 94 valence electrons. The zero-order chi connectivity index (χ0) is 13.1. The molecule has 0 aliphatic rings. The molecule has 0 aliphatic carbocycles. The lowest BCUT2D eigenvalue weighted by molar-refractivity contribution is -0.274. The van der Waals surface area contributed by atoms with E-state index in [1.54, 1.807) is 6.92 Å². The van der Waals surface area contributed by atoms with Crippen molar-refractivity contribution in [3.63, 3.8) is 0 Å². The number of alkyl halides is 3. The molecule has 0 radical (unpaired) electrons. The van der Waals surface area contributed by atoms with Gasteiger partial charge in [-0.15, -0.1) is 13.2 Å². The van der Waals surface area contributed by atoms with Crippen LogP contribution in [0.25, 0.3) is 0 Å². The molecule has 0 saturated heterocycles. The normalized spacial score (nSPS) is 11.1. The Balaban J connectivity index is 3.07. The zero-order valence-electron chi connectivity index (χ0n) is 8.68. The van der Waals surface area contributed by atoms with Crippen molar-refractivity contribution >= 4 is 16.8 Å². The topological polar surface area (TPSA) is 35.5 Å². The largest absolute Gasteiger partial charge is 0.573 e. The van der Waals surface area contributed by atoms with Gasteiger partial charge in [-0.3, -0.25) is 4.79 Å². The molecule has 0 aliphatic heterocycles. The number of hydrogen-bond acceptors (Lipinski definition) is 3. The number of carbonyl (C=O) groups is 1. The van der Waals surface area contributed by atoms with Crippen LogP contribution in [0.5, 0.6) is 11.5 Å². The Bertz CT molecular complexity index is 418. The van der Waals surface area contributed by atoms with E-state index in [-0.39, 0.29) is 17.9 Å². The molecule has 3 nitrogen and oxygen atoms in total. The van der Waals surface area contributed by atoms with E-state index in [2.05, 4.69) is 4.74 Å². The summed E-state index contributed by atoms with van der Waals surface area (Å²) < 4.78 is 44.7. The van der Waals surface area contributed by atoms with Gasteiger partial charge in [-0.2, -0.15) is 0 Å². The van der Waals surface area contributed by atoms with E-state index in [9.17, 15) is 18.0 Å². The Morgan fingerprint density at radius 1 is 1.29 bits per heavy atom. The molecular weight excluding hydrogens is 261 g/mol. The van der Waals surface area contributed by atoms with Gasteiger partial charge in [0.15, 0.2) is 0 Å². The van der Waals surface area contributed by atoms with Gasteiger partial charge in [-0.1, -0.05) is 0 Å². The van der Waals surface area contributed by atoms with E-state index < -0.39 is 17.4 Å². The van der Waals surface area contributed by atoms with Crippen LogP contribution in [0.4, 0.5) is 13.2 Å². The van der Waals surface area contributed by atoms with Crippen LogP contribution in [-0.4, -0.2) is 18.2 Å². The molecule has 1 rings (SSSR count). The van der Waals surface area contributed by atoms with Crippen molar-refractivity contribution in [2.45, 2.75) is 13.3 Å². The van der Waals surface area contributed by atoms with Gasteiger partial charge in [-0.05, 0) is 30.7 Å². The number of rotatable bonds is 4. The van der Waals surface area contributed by atoms with Crippen molar-refractivity contribution in [2.24, 2.45) is 0 Å². The van der Waals surface area contributed by atoms with Crippen molar-refractivity contribution in [1.29, 1.82) is 0 Å². The molecule has 0 aromatic heterocycles. The average Bonchev–Trinajstić information content (AvgIpc) is 2.14. The molecule has 0 spiro atoms. The fourth-order valence-corrected chi connectivity index (χ4v) is 1.24. The summed E-state index contributed by atoms with van der Waals surface area (Å²) in [5.74, 6) is -0.467. The quantitative estimate of drug-likeness (QED) is 0.786. The Morgan fingerprint density at radius 3 is 2.35 bits per heavy atom. The third-order valence-corrected chi connectivity index (χ3v) is 1.87. The first kappa shape index (κ1) is 13.6. The van der Waals surface area contributed by atoms with Crippen molar-refractivity contribution in [2.75, 3.05) is 6.61 Å². The van der Waals surface area contributed by atoms with Gasteiger partial charge < -0.3 is 9.47 Å². The van der Waals surface area contributed by atoms with E-state index in [0.29, 0.717) is 0 Å². The van der Waals surface area contributed by atoms with E-state index in [1.807, 2.05) is 0 Å². The monoisotopic (exact) mass is 268 g/mol. The van der Waals surface area contributed by atoms with Crippen LogP contribution >= 0.6 is 11.6 Å². The summed E-state index contributed by atoms with van der Waals surface area (Å²) in [6.07, 6.45) is -4.84. The zero-order valence-corrected chi connectivity index (χ0v) is 9.43. The number of hydrogen-bond donors (Lipinski definition) is 0. The molecule has 1 aromatic carbocycles. The molecule has 0 heterocycles. The third-order valence-electron chi connectivity index (χ3n) is 1.65. The summed E-state index contributed by atoms with van der Waals surface area (Å²) in [7, 11) is 0. The second kappa shape index (κ2) is 5.27. The maximum Gasteiger partial charge on any atom is 0.573 e. The van der Waals surface area contributed by atoms with Gasteiger partial charge in [-0.25, -0.2) is 0 Å². The summed E-state index contributed by atoms with van der Waals surface area (Å²) in [4.78, 5) is 10.9. The molecular formula is C10H8ClF3O3. The number of carbonyl (C=O) groups excluding carboxylic acids is 1. The minimum atomic E-state index is -4.84. The Hall–Kier alpha value is -1.43. The van der Waals surface area contributed by atoms with Crippen molar-refractivity contribution in [3.8, 4) is 11.5 Å². The minimum absolute atomic E-state index is 0.0817. The molecule has 1 aromatic rings. The average molecular weight is 269 g/mol. The highest BCUT2D eigenvalue weighted by atomic mass is 35.5. The van der Waals surface area contributed by atoms with Crippen LogP contribution in [-0.2, 0) is 0 Å². The SMILES string of the molecule is CCOc1cc(OC(F)(F)F)cc(C(=O)Cl)c1. The molecule has 17 heavy (non-hydrogen) atoms. The smallest absolute Gasteiger partial charge is 0.494 e. The highest BCUT2D eigenvalue weighted by Gasteiger charge is 2.31. The summed E-state index contributed by atoms with van der Waals surface area (Å²) in [5.41, 5.74) is -0.128. The van der Waals surface area contributed by atoms with Crippen molar-refractivity contribution in [1.82, 2.24) is 0 Å². The van der Waals surface area contributed by atoms with Gasteiger partial charge in [0.1, 0.15) is 11.5 Å². The number of ether oxygens (including phenoxy) is 2. The molecule has 0 N–H and O–H groups in total. The lowest BCUT2D eigenvalue weighted by Gasteiger charge is -2.11. The van der Waals surface area contributed by atoms with Gasteiger partial charge in [0.2, 0.25) is 0 Å². The van der Waals surface area contributed by atoms with E-state index >= 15 is 0 Å². The van der Waals surface area contributed by atoms with Crippen LogP contribution in [0.1, 0.15) is 17.3 Å². The molecule has 0 atom stereocenters. The third kappa shape index (κ3) is 4.52. The lowest BCUT2D eigenvalue weighted by atomic mass is 10.2. The van der Waals surface area contributed by atoms with E-state index in [0.717, 1.165) is 12.1 Å². The van der Waals surface area contributed by atoms with E-state index in [4.69, 9.17) is 16.3 Å². The van der Waals surface area contributed by atoms with Gasteiger partial charge in [0.25, 0.3) is 5.24 Å². The summed E-state index contributed by atoms with van der Waals surface area (Å²) >= 11 is 5.19. The summed E-state index contributed by atoms with van der Waals surface area (Å²) in [6, 6.07) is 3.16. The molecule has 7 heteroatoms. The molecule has 0 saturated carbocycles. The Kier molecular flexibility index (Phi) is 4.22. The molecule has 0 amide bonds. The van der Waals surface area contributed by atoms with Crippen LogP contribution in [0.3, 0.4) is 0 Å². The van der Waals surface area contributed by atoms with E-state index in [1.165, 1.54) is 6.07 Å². The predicted octanol–water partition coefficient (Wildman–Crippen LogP) is 3.36. The molecule has 0 fully saturated rings. The number of halogens is 4. The van der Waals surface area contributed by atoms with Crippen LogP contribution in [0, 0.1) is 0 Å². The fraction of sp³-hybridized carbons (Fsp3) is 0.300. The molecule has 0 bridgehead atoms. The lowest BCUT2D eigenvalue weighted by Crippen LogP contribution is -2.17. The van der Waals surface area contributed by atoms with Gasteiger partial charge >= 0.3 is 6.36 Å². The standard InChI is InChI=1S/C10H8ClF3O3/c1-2-16-7-3-6(9(11)15)4-8(5-7)17-10(12,13)14/h3-5H,2H2,1H3. The maximum absolute atomic E-state index is 12.0. The second-order valence-electron chi connectivity index (χ2n) is 2.95. The molecule has 0 unspecified atom stereocenters. The van der Waals surface area contributed by atoms with Crippen LogP contribution in [0.15, 0.2) is 18.2 Å². The predicted molar refractivity (Wildman–Crippen MR) is 54.5 cm³/mol. The van der Waals surface area contributed by atoms with Crippen molar-refractivity contribution < 1.29 is 27.4 Å². The van der Waals surface area contributed by atoms with Gasteiger partial charge in [0.05, 0.1) is 6.61 Å². The van der Waals surface area contributed by atoms with Gasteiger partial charge in [0, 0.05) is 11.6 Å². The highest BCUT2D eigenvalue weighted by Crippen LogP contribution is 2.28. The first-order valence-electron chi connectivity index (χ1n) is 4.55. The maximum atomic E-state index is 12.0. The fourth-order valence-electron chi connectivity index (χ4n) is 1.13. The van der Waals surface area contributed by atoms with Crippen LogP contribution < -0.4 is 9.47 Å². The van der Waals surface area contributed by atoms with Crippen molar-refractivity contribution in [3.05, 3.63) is 23.8 Å². The summed E-state index contributed by atoms with van der Waals surface area (Å²) in [6.45, 7) is 1.89. The van der Waals surface area contributed by atoms with Crippen LogP contribution in [0.2, 0.25) is 0 Å².